The zero-order chi connectivity index (χ0) is 21.0. The molecule has 0 bridgehead atoms. The normalized spacial score (nSPS) is 13.4. The smallest absolute Gasteiger partial charge is 0.262 e. The van der Waals surface area contributed by atoms with E-state index >= 15 is 0 Å². The minimum absolute atomic E-state index is 0.0862. The van der Waals surface area contributed by atoms with Crippen LogP contribution in [0.1, 0.15) is 37.8 Å². The summed E-state index contributed by atoms with van der Waals surface area (Å²) in [4.78, 5) is 26.5. The molecule has 0 atom stereocenters. The highest BCUT2D eigenvalue weighted by Crippen LogP contribution is 2.31. The third kappa shape index (κ3) is 5.51. The molecule has 5 nitrogen and oxygen atoms in total. The molecular weight excluding hydrogens is 388 g/mol. The molecular formula is C23H27ClN2O3. The van der Waals surface area contributed by atoms with Crippen molar-refractivity contribution in [3.63, 3.8) is 0 Å². The molecule has 0 saturated heterocycles. The monoisotopic (exact) mass is 414 g/mol. The summed E-state index contributed by atoms with van der Waals surface area (Å²) in [5, 5.41) is 3.53. The van der Waals surface area contributed by atoms with Gasteiger partial charge < -0.3 is 15.0 Å². The van der Waals surface area contributed by atoms with Crippen molar-refractivity contribution >= 4 is 34.8 Å². The maximum Gasteiger partial charge on any atom is 0.262 e. The van der Waals surface area contributed by atoms with Crippen molar-refractivity contribution in [1.29, 1.82) is 0 Å². The minimum Gasteiger partial charge on any atom is -0.484 e. The van der Waals surface area contributed by atoms with Crippen LogP contribution in [0.5, 0.6) is 5.75 Å². The molecule has 3 rings (SSSR count). The second kappa shape index (κ2) is 9.31. The second-order valence-corrected chi connectivity index (χ2v) is 8.23. The number of nitrogens with zero attached hydrogens (tertiary/aromatic N) is 1. The van der Waals surface area contributed by atoms with Gasteiger partial charge >= 0.3 is 0 Å². The van der Waals surface area contributed by atoms with Gasteiger partial charge in [-0.15, -0.1) is 0 Å². The standard InChI is InChI=1S/C23H27ClN2O3/c1-15(2)10-11-26-21-8-5-18(13-17(21)4-9-23(26)28)25-22(27)14-29-19-6-7-20(24)16(3)12-19/h5-8,12-13,15H,4,9-11,14H2,1-3H3,(H,25,27). The lowest BCUT2D eigenvalue weighted by molar-refractivity contribution is -0.119. The molecule has 2 aromatic rings. The Kier molecular flexibility index (Phi) is 6.80. The van der Waals surface area contributed by atoms with Crippen molar-refractivity contribution < 1.29 is 14.3 Å². The summed E-state index contributed by atoms with van der Waals surface area (Å²) in [7, 11) is 0. The Bertz CT molecular complexity index is 911. The summed E-state index contributed by atoms with van der Waals surface area (Å²) in [5.41, 5.74) is 3.65. The zero-order valence-electron chi connectivity index (χ0n) is 17.1. The molecule has 0 radical (unpaired) electrons. The van der Waals surface area contributed by atoms with E-state index in [2.05, 4.69) is 19.2 Å². The van der Waals surface area contributed by atoms with Crippen LogP contribution in [0.25, 0.3) is 0 Å². The Balaban J connectivity index is 1.62. The van der Waals surface area contributed by atoms with Crippen LogP contribution in [-0.2, 0) is 16.0 Å². The predicted octanol–water partition coefficient (Wildman–Crippen LogP) is 4.99. The molecule has 0 unspecified atom stereocenters. The maximum absolute atomic E-state index is 12.3. The third-order valence-electron chi connectivity index (χ3n) is 4.99. The molecule has 1 aliphatic rings. The van der Waals surface area contributed by atoms with Gasteiger partial charge in [-0.2, -0.15) is 0 Å². The van der Waals surface area contributed by atoms with Crippen LogP contribution < -0.4 is 15.0 Å². The van der Waals surface area contributed by atoms with Crippen LogP contribution in [-0.4, -0.2) is 25.0 Å². The van der Waals surface area contributed by atoms with Crippen molar-refractivity contribution in [3.8, 4) is 5.75 Å². The summed E-state index contributed by atoms with van der Waals surface area (Å²) in [6, 6.07) is 11.0. The van der Waals surface area contributed by atoms with E-state index in [1.54, 1.807) is 18.2 Å². The quantitative estimate of drug-likeness (QED) is 0.694. The highest BCUT2D eigenvalue weighted by Gasteiger charge is 2.24. The fourth-order valence-corrected chi connectivity index (χ4v) is 3.44. The first-order valence-electron chi connectivity index (χ1n) is 9.95. The lowest BCUT2D eigenvalue weighted by Gasteiger charge is -2.30. The van der Waals surface area contributed by atoms with Crippen molar-refractivity contribution in [1.82, 2.24) is 0 Å². The van der Waals surface area contributed by atoms with Gasteiger partial charge in [0, 0.05) is 29.4 Å². The number of amides is 2. The van der Waals surface area contributed by atoms with Gasteiger partial charge in [-0.1, -0.05) is 25.4 Å². The van der Waals surface area contributed by atoms with Gasteiger partial charge in [-0.05, 0) is 73.2 Å². The molecule has 2 amide bonds. The number of carbonyl (C=O) groups excluding carboxylic acids is 2. The zero-order valence-corrected chi connectivity index (χ0v) is 17.9. The largest absolute Gasteiger partial charge is 0.484 e. The molecule has 0 saturated carbocycles. The van der Waals surface area contributed by atoms with Crippen molar-refractivity contribution in [2.24, 2.45) is 5.92 Å². The van der Waals surface area contributed by atoms with E-state index in [-0.39, 0.29) is 18.4 Å². The van der Waals surface area contributed by atoms with Crippen molar-refractivity contribution in [2.75, 3.05) is 23.4 Å². The van der Waals surface area contributed by atoms with E-state index in [0.717, 1.165) is 29.8 Å². The Morgan fingerprint density at radius 1 is 1.21 bits per heavy atom. The van der Waals surface area contributed by atoms with Gasteiger partial charge in [0.25, 0.3) is 5.91 Å². The average Bonchev–Trinajstić information content (AvgIpc) is 2.68. The molecule has 1 heterocycles. The number of carbonyl (C=O) groups is 2. The number of aryl methyl sites for hydroxylation is 2. The summed E-state index contributed by atoms with van der Waals surface area (Å²) < 4.78 is 5.55. The number of halogens is 1. The molecule has 1 aliphatic heterocycles. The number of benzene rings is 2. The van der Waals surface area contributed by atoms with Gasteiger partial charge in [0.1, 0.15) is 5.75 Å². The first-order chi connectivity index (χ1) is 13.8. The van der Waals surface area contributed by atoms with Crippen molar-refractivity contribution in [3.05, 3.63) is 52.5 Å². The van der Waals surface area contributed by atoms with Crippen LogP contribution in [0.4, 0.5) is 11.4 Å². The Morgan fingerprint density at radius 2 is 2.00 bits per heavy atom. The number of hydrogen-bond donors (Lipinski definition) is 1. The van der Waals surface area contributed by atoms with E-state index < -0.39 is 0 Å². The summed E-state index contributed by atoms with van der Waals surface area (Å²) in [6.07, 6.45) is 2.16. The molecule has 2 aromatic carbocycles. The predicted molar refractivity (Wildman–Crippen MR) is 117 cm³/mol. The van der Waals surface area contributed by atoms with E-state index in [0.29, 0.717) is 35.2 Å². The Morgan fingerprint density at radius 3 is 2.72 bits per heavy atom. The number of rotatable bonds is 7. The van der Waals surface area contributed by atoms with Gasteiger partial charge in [-0.3, -0.25) is 9.59 Å². The molecule has 154 valence electrons. The summed E-state index contributed by atoms with van der Waals surface area (Å²) in [5.74, 6) is 1.07. The third-order valence-corrected chi connectivity index (χ3v) is 5.42. The van der Waals surface area contributed by atoms with Crippen LogP contribution in [0.3, 0.4) is 0 Å². The Hall–Kier alpha value is -2.53. The maximum atomic E-state index is 12.3. The van der Waals surface area contributed by atoms with Crippen LogP contribution in [0, 0.1) is 12.8 Å². The Labute approximate surface area is 177 Å². The minimum atomic E-state index is -0.235. The van der Waals surface area contributed by atoms with Crippen molar-refractivity contribution in [2.45, 2.75) is 40.0 Å². The fourth-order valence-electron chi connectivity index (χ4n) is 3.32. The van der Waals surface area contributed by atoms with Crippen LogP contribution >= 0.6 is 11.6 Å². The number of hydrogen-bond acceptors (Lipinski definition) is 3. The molecule has 0 spiro atoms. The first kappa shape index (κ1) is 21.2. The summed E-state index contributed by atoms with van der Waals surface area (Å²) >= 11 is 6.00. The van der Waals surface area contributed by atoms with E-state index in [1.165, 1.54) is 0 Å². The van der Waals surface area contributed by atoms with Gasteiger partial charge in [0.2, 0.25) is 5.91 Å². The van der Waals surface area contributed by atoms with Gasteiger partial charge in [0.05, 0.1) is 0 Å². The first-order valence-corrected chi connectivity index (χ1v) is 10.3. The lowest BCUT2D eigenvalue weighted by atomic mass is 9.99. The van der Waals surface area contributed by atoms with E-state index in [1.807, 2.05) is 30.0 Å². The van der Waals surface area contributed by atoms with Gasteiger partial charge in [0.15, 0.2) is 6.61 Å². The second-order valence-electron chi connectivity index (χ2n) is 7.82. The average molecular weight is 415 g/mol. The van der Waals surface area contributed by atoms with Gasteiger partial charge in [-0.25, -0.2) is 0 Å². The molecule has 29 heavy (non-hydrogen) atoms. The van der Waals surface area contributed by atoms with E-state index in [4.69, 9.17) is 16.3 Å². The molecule has 6 heteroatoms. The molecule has 0 aromatic heterocycles. The van der Waals surface area contributed by atoms with Crippen LogP contribution in [0.2, 0.25) is 5.02 Å². The topological polar surface area (TPSA) is 58.6 Å². The number of ether oxygens (including phenoxy) is 1. The summed E-state index contributed by atoms with van der Waals surface area (Å²) in [6.45, 7) is 6.83. The fraction of sp³-hybridized carbons (Fsp3) is 0.391. The van der Waals surface area contributed by atoms with Crippen LogP contribution in [0.15, 0.2) is 36.4 Å². The molecule has 1 N–H and O–H groups in total. The highest BCUT2D eigenvalue weighted by atomic mass is 35.5. The number of anilines is 2. The number of nitrogens with one attached hydrogen (secondary N) is 1. The lowest BCUT2D eigenvalue weighted by Crippen LogP contribution is -2.36. The SMILES string of the molecule is Cc1cc(OCC(=O)Nc2ccc3c(c2)CCC(=O)N3CCC(C)C)ccc1Cl. The molecule has 0 aliphatic carbocycles. The highest BCUT2D eigenvalue weighted by molar-refractivity contribution is 6.31. The number of fused-ring (bicyclic) bond motifs is 1. The van der Waals surface area contributed by atoms with E-state index in [9.17, 15) is 9.59 Å². The molecule has 0 fully saturated rings.